The van der Waals surface area contributed by atoms with Gasteiger partial charge in [0, 0.05) is 31.9 Å². The summed E-state index contributed by atoms with van der Waals surface area (Å²) in [7, 11) is 2.10. The van der Waals surface area contributed by atoms with E-state index in [1.165, 1.54) is 0 Å². The van der Waals surface area contributed by atoms with Crippen molar-refractivity contribution in [2.45, 2.75) is 59.2 Å². The molecule has 0 saturated heterocycles. The average molecular weight is 250 g/mol. The third-order valence-electron chi connectivity index (χ3n) is 3.21. The molecule has 1 N–H and O–H groups in total. The van der Waals surface area contributed by atoms with Crippen molar-refractivity contribution < 1.29 is 0 Å². The standard InChI is InChI=1S/C14H26N4/c1-6-13(7-2)18(5)14-10-15-8-12(17-14)9-16-11(3)4/h8,10-11,13,16H,6-7,9H2,1-5H3. The Hall–Kier alpha value is -1.16. The number of nitrogens with one attached hydrogen (secondary N) is 1. The minimum absolute atomic E-state index is 0.465. The largest absolute Gasteiger partial charge is 0.355 e. The molecule has 0 aliphatic carbocycles. The predicted octanol–water partition coefficient (Wildman–Crippen LogP) is 2.60. The van der Waals surface area contributed by atoms with Gasteiger partial charge in [-0.15, -0.1) is 0 Å². The van der Waals surface area contributed by atoms with Crippen molar-refractivity contribution in [3.05, 3.63) is 18.1 Å². The molecule has 1 aromatic rings. The molecule has 0 fully saturated rings. The van der Waals surface area contributed by atoms with E-state index in [0.717, 1.165) is 30.9 Å². The molecule has 4 nitrogen and oxygen atoms in total. The van der Waals surface area contributed by atoms with Crippen LogP contribution in [-0.4, -0.2) is 29.1 Å². The van der Waals surface area contributed by atoms with Crippen molar-refractivity contribution >= 4 is 5.82 Å². The summed E-state index contributed by atoms with van der Waals surface area (Å²) in [5.74, 6) is 0.965. The van der Waals surface area contributed by atoms with Crippen LogP contribution < -0.4 is 10.2 Å². The van der Waals surface area contributed by atoms with E-state index in [-0.39, 0.29) is 0 Å². The molecule has 102 valence electrons. The van der Waals surface area contributed by atoms with Gasteiger partial charge < -0.3 is 10.2 Å². The zero-order chi connectivity index (χ0) is 13.5. The van der Waals surface area contributed by atoms with Gasteiger partial charge in [-0.25, -0.2) is 4.98 Å². The Balaban J connectivity index is 2.74. The van der Waals surface area contributed by atoms with Crippen LogP contribution in [0.5, 0.6) is 0 Å². The predicted molar refractivity (Wildman–Crippen MR) is 76.8 cm³/mol. The molecule has 1 rings (SSSR count). The highest BCUT2D eigenvalue weighted by Gasteiger charge is 2.13. The van der Waals surface area contributed by atoms with Gasteiger partial charge in [-0.1, -0.05) is 27.7 Å². The van der Waals surface area contributed by atoms with Crippen molar-refractivity contribution in [2.75, 3.05) is 11.9 Å². The van der Waals surface area contributed by atoms with Crippen molar-refractivity contribution in [1.29, 1.82) is 0 Å². The van der Waals surface area contributed by atoms with Crippen molar-refractivity contribution in [3.63, 3.8) is 0 Å². The molecule has 1 aromatic heterocycles. The molecule has 18 heavy (non-hydrogen) atoms. The van der Waals surface area contributed by atoms with Gasteiger partial charge in [-0.2, -0.15) is 0 Å². The highest BCUT2D eigenvalue weighted by molar-refractivity contribution is 5.36. The highest BCUT2D eigenvalue weighted by atomic mass is 15.2. The highest BCUT2D eigenvalue weighted by Crippen LogP contribution is 2.15. The van der Waals surface area contributed by atoms with Gasteiger partial charge in [0.05, 0.1) is 11.9 Å². The first-order valence-corrected chi connectivity index (χ1v) is 6.85. The topological polar surface area (TPSA) is 41.1 Å². The lowest BCUT2D eigenvalue weighted by Crippen LogP contribution is -2.31. The Bertz CT molecular complexity index is 347. The van der Waals surface area contributed by atoms with Gasteiger partial charge in [0.2, 0.25) is 0 Å². The monoisotopic (exact) mass is 250 g/mol. The minimum atomic E-state index is 0.465. The van der Waals surface area contributed by atoms with E-state index in [1.807, 2.05) is 12.4 Å². The van der Waals surface area contributed by atoms with Crippen LogP contribution in [0.1, 0.15) is 46.2 Å². The van der Waals surface area contributed by atoms with Gasteiger partial charge in [0.1, 0.15) is 5.82 Å². The first-order valence-electron chi connectivity index (χ1n) is 6.85. The summed E-state index contributed by atoms with van der Waals surface area (Å²) < 4.78 is 0. The molecule has 0 amide bonds. The number of aromatic nitrogens is 2. The second-order valence-electron chi connectivity index (χ2n) is 4.99. The SMILES string of the molecule is CCC(CC)N(C)c1cncc(CNC(C)C)n1. The summed E-state index contributed by atoms with van der Waals surface area (Å²) in [6.07, 6.45) is 5.93. The molecule has 0 unspecified atom stereocenters. The lowest BCUT2D eigenvalue weighted by Gasteiger charge is -2.27. The molecule has 0 saturated carbocycles. The number of nitrogens with zero attached hydrogens (tertiary/aromatic N) is 3. The van der Waals surface area contributed by atoms with E-state index in [4.69, 9.17) is 0 Å². The normalized spacial score (nSPS) is 11.3. The molecule has 0 spiro atoms. The summed E-state index contributed by atoms with van der Waals surface area (Å²) in [5.41, 5.74) is 0.999. The Morgan fingerprint density at radius 1 is 1.22 bits per heavy atom. The fourth-order valence-electron chi connectivity index (χ4n) is 1.98. The fraction of sp³-hybridized carbons (Fsp3) is 0.714. The number of rotatable bonds is 7. The molecular weight excluding hydrogens is 224 g/mol. The molecule has 0 radical (unpaired) electrons. The van der Waals surface area contributed by atoms with E-state index in [2.05, 4.69) is 54.9 Å². The van der Waals surface area contributed by atoms with E-state index in [9.17, 15) is 0 Å². The zero-order valence-corrected chi connectivity index (χ0v) is 12.3. The Morgan fingerprint density at radius 2 is 1.89 bits per heavy atom. The lowest BCUT2D eigenvalue weighted by atomic mass is 10.1. The van der Waals surface area contributed by atoms with Crippen LogP contribution in [0.4, 0.5) is 5.82 Å². The summed E-state index contributed by atoms with van der Waals surface area (Å²) in [6, 6.07) is 1.000. The third kappa shape index (κ3) is 4.26. The first-order chi connectivity index (χ1) is 8.58. The van der Waals surface area contributed by atoms with Gasteiger partial charge in [0.15, 0.2) is 0 Å². The van der Waals surface area contributed by atoms with E-state index >= 15 is 0 Å². The zero-order valence-electron chi connectivity index (χ0n) is 12.3. The Kier molecular flexibility index (Phi) is 6.05. The van der Waals surface area contributed by atoms with Crippen LogP contribution in [0.15, 0.2) is 12.4 Å². The number of hydrogen-bond acceptors (Lipinski definition) is 4. The number of hydrogen-bond donors (Lipinski definition) is 1. The lowest BCUT2D eigenvalue weighted by molar-refractivity contribution is 0.570. The molecule has 0 aliphatic heterocycles. The number of anilines is 1. The molecule has 1 heterocycles. The Morgan fingerprint density at radius 3 is 2.44 bits per heavy atom. The minimum Gasteiger partial charge on any atom is -0.355 e. The van der Waals surface area contributed by atoms with Gasteiger partial charge in [-0.3, -0.25) is 4.98 Å². The summed E-state index contributed by atoms with van der Waals surface area (Å²) in [6.45, 7) is 9.46. The molecule has 0 bridgehead atoms. The molecular formula is C14H26N4. The van der Waals surface area contributed by atoms with Crippen LogP contribution in [-0.2, 0) is 6.54 Å². The molecule has 0 aliphatic rings. The summed E-state index contributed by atoms with van der Waals surface area (Å²) >= 11 is 0. The van der Waals surface area contributed by atoms with Gasteiger partial charge in [0.25, 0.3) is 0 Å². The maximum Gasteiger partial charge on any atom is 0.147 e. The molecule has 0 aromatic carbocycles. The van der Waals surface area contributed by atoms with Crippen molar-refractivity contribution in [1.82, 2.24) is 15.3 Å². The van der Waals surface area contributed by atoms with E-state index < -0.39 is 0 Å². The van der Waals surface area contributed by atoms with Gasteiger partial charge >= 0.3 is 0 Å². The summed E-state index contributed by atoms with van der Waals surface area (Å²) in [5, 5.41) is 3.36. The Labute approximate surface area is 111 Å². The molecule has 0 atom stereocenters. The summed E-state index contributed by atoms with van der Waals surface area (Å²) in [4.78, 5) is 11.2. The average Bonchev–Trinajstić information content (AvgIpc) is 2.38. The third-order valence-corrected chi connectivity index (χ3v) is 3.21. The maximum absolute atomic E-state index is 4.66. The van der Waals surface area contributed by atoms with E-state index in [0.29, 0.717) is 12.1 Å². The van der Waals surface area contributed by atoms with Crippen molar-refractivity contribution in [2.24, 2.45) is 0 Å². The quantitative estimate of drug-likeness (QED) is 0.807. The van der Waals surface area contributed by atoms with Crippen LogP contribution >= 0.6 is 0 Å². The van der Waals surface area contributed by atoms with E-state index in [1.54, 1.807) is 0 Å². The smallest absolute Gasteiger partial charge is 0.147 e. The fourth-order valence-corrected chi connectivity index (χ4v) is 1.98. The van der Waals surface area contributed by atoms with Crippen LogP contribution in [0.3, 0.4) is 0 Å². The maximum atomic E-state index is 4.66. The second kappa shape index (κ2) is 7.31. The second-order valence-corrected chi connectivity index (χ2v) is 4.99. The van der Waals surface area contributed by atoms with Crippen LogP contribution in [0.25, 0.3) is 0 Å². The molecule has 4 heteroatoms. The van der Waals surface area contributed by atoms with Crippen molar-refractivity contribution in [3.8, 4) is 0 Å². The van der Waals surface area contributed by atoms with Crippen LogP contribution in [0, 0.1) is 0 Å². The van der Waals surface area contributed by atoms with Gasteiger partial charge in [-0.05, 0) is 12.8 Å². The first kappa shape index (κ1) is 14.9. The van der Waals surface area contributed by atoms with Crippen LogP contribution in [0.2, 0.25) is 0 Å².